The number of carbonyl (C=O) groups is 1. The van der Waals surface area contributed by atoms with Gasteiger partial charge in [-0.15, -0.1) is 0 Å². The molecule has 4 heteroatoms. The fourth-order valence-electron chi connectivity index (χ4n) is 3.98. The Labute approximate surface area is 152 Å². The molecule has 1 aliphatic carbocycles. The molecule has 0 spiro atoms. The summed E-state index contributed by atoms with van der Waals surface area (Å²) < 4.78 is 0. The molecule has 5 rings (SSSR count). The highest BCUT2D eigenvalue weighted by atomic mass is 16.1. The Hall–Kier alpha value is -3.01. The first kappa shape index (κ1) is 15.3. The Bertz CT molecular complexity index is 1020. The summed E-state index contributed by atoms with van der Waals surface area (Å²) in [6.45, 7) is 4.00. The zero-order valence-electron chi connectivity index (χ0n) is 14.7. The molecular formula is C22H19N3O. The van der Waals surface area contributed by atoms with Crippen molar-refractivity contribution in [2.24, 2.45) is 9.98 Å². The molecule has 2 heterocycles. The number of carbonyl (C=O) groups excluding carboxylic acids is 1. The molecule has 26 heavy (non-hydrogen) atoms. The number of hydrogen-bond acceptors (Lipinski definition) is 4. The predicted octanol–water partition coefficient (Wildman–Crippen LogP) is 3.86. The summed E-state index contributed by atoms with van der Waals surface area (Å²) in [4.78, 5) is 25.3. The van der Waals surface area contributed by atoms with Gasteiger partial charge in [-0.05, 0) is 30.9 Å². The topological polar surface area (TPSA) is 45.0 Å². The number of allylic oxidation sites excluding steroid dienone is 2. The first-order chi connectivity index (χ1) is 12.7. The van der Waals surface area contributed by atoms with Crippen molar-refractivity contribution in [2.75, 3.05) is 13.1 Å². The van der Waals surface area contributed by atoms with Gasteiger partial charge in [0.2, 0.25) is 5.96 Å². The number of aliphatic imine (C=N–C) groups is 2. The Balaban J connectivity index is 1.77. The van der Waals surface area contributed by atoms with Crippen LogP contribution in [0.25, 0.3) is 5.57 Å². The van der Waals surface area contributed by atoms with E-state index < -0.39 is 0 Å². The molecular weight excluding hydrogens is 322 g/mol. The van der Waals surface area contributed by atoms with Crippen LogP contribution in [-0.4, -0.2) is 35.4 Å². The third kappa shape index (κ3) is 2.18. The van der Waals surface area contributed by atoms with Crippen LogP contribution in [0.15, 0.2) is 64.2 Å². The second-order valence-electron chi connectivity index (χ2n) is 6.98. The van der Waals surface area contributed by atoms with E-state index in [1.54, 1.807) is 0 Å². The van der Waals surface area contributed by atoms with Crippen LogP contribution in [-0.2, 0) is 0 Å². The fraction of sp³-hybridized carbons (Fsp3) is 0.227. The lowest BCUT2D eigenvalue weighted by Gasteiger charge is -2.20. The van der Waals surface area contributed by atoms with E-state index in [1.165, 1.54) is 12.8 Å². The average molecular weight is 341 g/mol. The van der Waals surface area contributed by atoms with Crippen LogP contribution in [0, 0.1) is 6.92 Å². The quantitative estimate of drug-likeness (QED) is 0.791. The van der Waals surface area contributed by atoms with E-state index in [0.717, 1.165) is 47.1 Å². The third-order valence-corrected chi connectivity index (χ3v) is 5.34. The number of nitrogens with zero attached hydrogens (tertiary/aromatic N) is 3. The number of hydrogen-bond donors (Lipinski definition) is 0. The predicted molar refractivity (Wildman–Crippen MR) is 104 cm³/mol. The number of Topliss-reactive ketones (excluding diaryl/α,β-unsaturated/α-hetero) is 1. The smallest absolute Gasteiger partial charge is 0.226 e. The minimum Gasteiger partial charge on any atom is -0.341 e. The summed E-state index contributed by atoms with van der Waals surface area (Å²) in [7, 11) is 0. The maximum absolute atomic E-state index is 13.3. The van der Waals surface area contributed by atoms with Crippen molar-refractivity contribution < 1.29 is 4.79 Å². The van der Waals surface area contributed by atoms with E-state index in [2.05, 4.69) is 4.90 Å². The van der Waals surface area contributed by atoms with Gasteiger partial charge >= 0.3 is 0 Å². The van der Waals surface area contributed by atoms with Crippen molar-refractivity contribution in [3.63, 3.8) is 0 Å². The lowest BCUT2D eigenvalue weighted by atomic mass is 9.83. The standard InChI is InChI=1S/C22H19N3O/c1-14-8-2-3-9-15(14)18-20-19(16-10-4-5-11-17(16)21(18)26)23-22(24-20)25-12-6-7-13-25/h2-5,8-11H,6-7,12-13H2,1H3. The molecule has 0 radical (unpaired) electrons. The van der Waals surface area contributed by atoms with Crippen molar-refractivity contribution in [2.45, 2.75) is 19.8 Å². The van der Waals surface area contributed by atoms with Crippen LogP contribution in [0.1, 0.15) is 39.9 Å². The Morgan fingerprint density at radius 1 is 0.846 bits per heavy atom. The number of rotatable bonds is 1. The van der Waals surface area contributed by atoms with Gasteiger partial charge in [-0.25, -0.2) is 9.98 Å². The highest BCUT2D eigenvalue weighted by molar-refractivity contribution is 6.43. The third-order valence-electron chi connectivity index (χ3n) is 5.34. The molecule has 0 bridgehead atoms. The maximum atomic E-state index is 13.3. The minimum atomic E-state index is 0.0373. The van der Waals surface area contributed by atoms with Gasteiger partial charge in [0.1, 0.15) is 11.4 Å². The van der Waals surface area contributed by atoms with Crippen molar-refractivity contribution in [3.05, 3.63) is 76.5 Å². The monoisotopic (exact) mass is 341 g/mol. The molecule has 4 nitrogen and oxygen atoms in total. The zero-order valence-corrected chi connectivity index (χ0v) is 14.7. The molecule has 0 N–H and O–H groups in total. The number of benzene rings is 2. The number of likely N-dealkylation sites (tertiary alicyclic amines) is 1. The molecule has 0 saturated carbocycles. The van der Waals surface area contributed by atoms with Gasteiger partial charge in [0, 0.05) is 24.2 Å². The van der Waals surface area contributed by atoms with Crippen LogP contribution in [0.5, 0.6) is 0 Å². The van der Waals surface area contributed by atoms with Crippen LogP contribution in [0.3, 0.4) is 0 Å². The van der Waals surface area contributed by atoms with Crippen molar-refractivity contribution in [3.8, 4) is 0 Å². The SMILES string of the molecule is Cc1ccccc1C1=C2N=C(N3CCCC3)N=C2c2ccccc2C1=O. The molecule has 0 amide bonds. The highest BCUT2D eigenvalue weighted by Crippen LogP contribution is 2.37. The van der Waals surface area contributed by atoms with Crippen LogP contribution >= 0.6 is 0 Å². The molecule has 1 fully saturated rings. The van der Waals surface area contributed by atoms with Gasteiger partial charge in [0.05, 0.1) is 5.57 Å². The van der Waals surface area contributed by atoms with E-state index in [4.69, 9.17) is 9.98 Å². The second kappa shape index (κ2) is 5.77. The van der Waals surface area contributed by atoms with E-state index in [1.807, 2.05) is 55.5 Å². The number of aryl methyl sites for hydroxylation is 1. The first-order valence-electron chi connectivity index (χ1n) is 9.11. The van der Waals surface area contributed by atoms with Crippen LogP contribution < -0.4 is 0 Å². The van der Waals surface area contributed by atoms with Gasteiger partial charge < -0.3 is 4.90 Å². The van der Waals surface area contributed by atoms with E-state index >= 15 is 0 Å². The number of fused-ring (bicyclic) bond motifs is 3. The van der Waals surface area contributed by atoms with Gasteiger partial charge in [-0.2, -0.15) is 0 Å². The molecule has 2 aromatic rings. The number of ketones is 1. The minimum absolute atomic E-state index is 0.0373. The summed E-state index contributed by atoms with van der Waals surface area (Å²) in [5.41, 5.74) is 5.86. The summed E-state index contributed by atoms with van der Waals surface area (Å²) in [5, 5.41) is 0. The Kier molecular flexibility index (Phi) is 3.38. The lowest BCUT2D eigenvalue weighted by Crippen LogP contribution is -2.25. The molecule has 128 valence electrons. The summed E-state index contributed by atoms with van der Waals surface area (Å²) in [6, 6.07) is 15.7. The van der Waals surface area contributed by atoms with Gasteiger partial charge in [0.25, 0.3) is 0 Å². The molecule has 0 unspecified atom stereocenters. The van der Waals surface area contributed by atoms with Gasteiger partial charge in [-0.1, -0.05) is 48.5 Å². The van der Waals surface area contributed by atoms with E-state index in [9.17, 15) is 4.79 Å². The Morgan fingerprint density at radius 3 is 2.23 bits per heavy atom. The van der Waals surface area contributed by atoms with Gasteiger partial charge in [-0.3, -0.25) is 4.79 Å². The average Bonchev–Trinajstić information content (AvgIpc) is 3.33. The highest BCUT2D eigenvalue weighted by Gasteiger charge is 2.36. The van der Waals surface area contributed by atoms with Gasteiger partial charge in [0.15, 0.2) is 5.78 Å². The Morgan fingerprint density at radius 2 is 1.50 bits per heavy atom. The van der Waals surface area contributed by atoms with E-state index in [0.29, 0.717) is 11.1 Å². The largest absolute Gasteiger partial charge is 0.341 e. The van der Waals surface area contributed by atoms with Crippen LogP contribution in [0.4, 0.5) is 0 Å². The lowest BCUT2D eigenvalue weighted by molar-refractivity contribution is 0.105. The van der Waals surface area contributed by atoms with E-state index in [-0.39, 0.29) is 5.78 Å². The molecule has 0 atom stereocenters. The first-order valence-corrected chi connectivity index (χ1v) is 9.11. The maximum Gasteiger partial charge on any atom is 0.226 e. The molecule has 3 aliphatic rings. The van der Waals surface area contributed by atoms with Crippen molar-refractivity contribution in [1.29, 1.82) is 0 Å². The normalized spacial score (nSPS) is 18.7. The molecule has 2 aliphatic heterocycles. The summed E-state index contributed by atoms with van der Waals surface area (Å²) in [5.74, 6) is 0.790. The van der Waals surface area contributed by atoms with Crippen molar-refractivity contribution in [1.82, 2.24) is 4.90 Å². The van der Waals surface area contributed by atoms with Crippen LogP contribution in [0.2, 0.25) is 0 Å². The fourth-order valence-corrected chi connectivity index (χ4v) is 3.98. The molecule has 2 aromatic carbocycles. The zero-order chi connectivity index (χ0) is 17.7. The number of guanidine groups is 1. The van der Waals surface area contributed by atoms with Crippen molar-refractivity contribution >= 4 is 23.0 Å². The summed E-state index contributed by atoms with van der Waals surface area (Å²) >= 11 is 0. The molecule has 0 aromatic heterocycles. The second-order valence-corrected chi connectivity index (χ2v) is 6.98. The molecule has 1 saturated heterocycles. The summed E-state index contributed by atoms with van der Waals surface area (Å²) in [6.07, 6.45) is 2.34.